The Morgan fingerprint density at radius 3 is 2.47 bits per heavy atom. The van der Waals surface area contributed by atoms with E-state index in [1.807, 2.05) is 7.05 Å². The van der Waals surface area contributed by atoms with Gasteiger partial charge < -0.3 is 10.1 Å². The van der Waals surface area contributed by atoms with E-state index in [1.54, 1.807) is 7.11 Å². The third-order valence-electron chi connectivity index (χ3n) is 4.48. The Morgan fingerprint density at radius 1 is 1.37 bits per heavy atom. The highest BCUT2D eigenvalue weighted by Gasteiger charge is 2.34. The summed E-state index contributed by atoms with van der Waals surface area (Å²) < 4.78 is 29.0. The van der Waals surface area contributed by atoms with Crippen LogP contribution < -0.4 is 5.32 Å². The van der Waals surface area contributed by atoms with Crippen molar-refractivity contribution < 1.29 is 13.2 Å². The summed E-state index contributed by atoms with van der Waals surface area (Å²) in [7, 11) is 0.779. The fraction of sp³-hybridized carbons (Fsp3) is 1.00. The van der Waals surface area contributed by atoms with E-state index in [2.05, 4.69) is 19.2 Å². The molecule has 0 heterocycles. The second-order valence-corrected chi connectivity index (χ2v) is 8.77. The van der Waals surface area contributed by atoms with Gasteiger partial charge in [0.2, 0.25) is 0 Å². The summed E-state index contributed by atoms with van der Waals surface area (Å²) in [5, 5.41) is 3.20. The molecule has 0 spiro atoms. The molecule has 0 bridgehead atoms. The first-order valence-electron chi connectivity index (χ1n) is 7.11. The summed E-state index contributed by atoms with van der Waals surface area (Å²) in [6.45, 7) is 4.16. The highest BCUT2D eigenvalue weighted by molar-refractivity contribution is 7.91. The van der Waals surface area contributed by atoms with Crippen LogP contribution in [-0.2, 0) is 14.6 Å². The van der Waals surface area contributed by atoms with Crippen molar-refractivity contribution in [2.24, 2.45) is 5.92 Å². The molecule has 3 atom stereocenters. The van der Waals surface area contributed by atoms with Crippen LogP contribution in [0.1, 0.15) is 46.0 Å². The normalized spacial score (nSPS) is 27.2. The molecule has 1 aliphatic carbocycles. The summed E-state index contributed by atoms with van der Waals surface area (Å²) in [6, 6.07) is 0.319. The zero-order chi connectivity index (χ0) is 14.7. The van der Waals surface area contributed by atoms with Gasteiger partial charge in [0, 0.05) is 19.4 Å². The van der Waals surface area contributed by atoms with Crippen molar-refractivity contribution in [1.82, 2.24) is 5.32 Å². The predicted octanol–water partition coefficient (Wildman–Crippen LogP) is 1.99. The van der Waals surface area contributed by atoms with Crippen LogP contribution in [0, 0.1) is 5.92 Å². The molecule has 5 heteroatoms. The van der Waals surface area contributed by atoms with Gasteiger partial charge in [0.25, 0.3) is 0 Å². The van der Waals surface area contributed by atoms with Gasteiger partial charge in [0.1, 0.15) is 9.84 Å². The minimum Gasteiger partial charge on any atom is -0.379 e. The van der Waals surface area contributed by atoms with E-state index in [-0.39, 0.29) is 10.9 Å². The van der Waals surface area contributed by atoms with Crippen molar-refractivity contribution in [2.75, 3.05) is 20.4 Å². The second kappa shape index (κ2) is 6.55. The minimum absolute atomic E-state index is 0.159. The monoisotopic (exact) mass is 291 g/mol. The zero-order valence-corrected chi connectivity index (χ0v) is 13.7. The Kier molecular flexibility index (Phi) is 5.83. The Balaban J connectivity index is 2.71. The van der Waals surface area contributed by atoms with Crippen LogP contribution in [0.15, 0.2) is 0 Å². The third kappa shape index (κ3) is 5.04. The maximum atomic E-state index is 11.7. The molecule has 4 nitrogen and oxygen atoms in total. The van der Waals surface area contributed by atoms with Gasteiger partial charge in [-0.3, -0.25) is 0 Å². The van der Waals surface area contributed by atoms with Crippen molar-refractivity contribution >= 4 is 9.84 Å². The Hall–Kier alpha value is -0.130. The van der Waals surface area contributed by atoms with E-state index in [1.165, 1.54) is 6.26 Å². The summed E-state index contributed by atoms with van der Waals surface area (Å²) in [6.07, 6.45) is 5.99. The molecule has 3 unspecified atom stereocenters. The van der Waals surface area contributed by atoms with E-state index in [0.29, 0.717) is 12.0 Å². The van der Waals surface area contributed by atoms with Crippen LogP contribution in [0.5, 0.6) is 0 Å². The summed E-state index contributed by atoms with van der Waals surface area (Å²) in [5.41, 5.74) is -0.175. The molecule has 0 aromatic carbocycles. The molecular weight excluding hydrogens is 262 g/mol. The van der Waals surface area contributed by atoms with Crippen LogP contribution >= 0.6 is 0 Å². The summed E-state index contributed by atoms with van der Waals surface area (Å²) in [5.74, 6) is 0.424. The summed E-state index contributed by atoms with van der Waals surface area (Å²) in [4.78, 5) is 0. The Morgan fingerprint density at radius 2 is 2.00 bits per heavy atom. The molecule has 1 rings (SSSR count). The number of hydrogen-bond acceptors (Lipinski definition) is 4. The van der Waals surface area contributed by atoms with Crippen molar-refractivity contribution in [3.8, 4) is 0 Å². The minimum atomic E-state index is -2.91. The lowest BCUT2D eigenvalue weighted by Gasteiger charge is -2.37. The number of nitrogens with one attached hydrogen (secondary N) is 1. The average molecular weight is 291 g/mol. The van der Waals surface area contributed by atoms with E-state index in [4.69, 9.17) is 4.74 Å². The zero-order valence-electron chi connectivity index (χ0n) is 12.9. The SMILES string of the molecule is CNC(CC(C)(C)OC)C1CCCC(S(C)(=O)=O)C1. The standard InChI is InChI=1S/C14H29NO3S/c1-14(2,18-4)10-13(15-3)11-7-6-8-12(9-11)19(5,16)17/h11-13,15H,6-10H2,1-5H3. The maximum absolute atomic E-state index is 11.7. The smallest absolute Gasteiger partial charge is 0.150 e. The van der Waals surface area contributed by atoms with Crippen LogP contribution in [0.2, 0.25) is 0 Å². The largest absolute Gasteiger partial charge is 0.379 e. The quantitative estimate of drug-likeness (QED) is 0.813. The molecule has 1 fully saturated rings. The first kappa shape index (κ1) is 16.9. The molecule has 0 aromatic heterocycles. The molecule has 19 heavy (non-hydrogen) atoms. The molecule has 0 aromatic rings. The Bertz CT molecular complexity index is 378. The van der Waals surface area contributed by atoms with Gasteiger partial charge in [-0.05, 0) is 52.5 Å². The summed E-state index contributed by atoms with van der Waals surface area (Å²) >= 11 is 0. The molecule has 1 aliphatic rings. The van der Waals surface area contributed by atoms with Gasteiger partial charge in [-0.15, -0.1) is 0 Å². The third-order valence-corrected chi connectivity index (χ3v) is 6.12. The van der Waals surface area contributed by atoms with Gasteiger partial charge >= 0.3 is 0 Å². The van der Waals surface area contributed by atoms with E-state index < -0.39 is 9.84 Å². The van der Waals surface area contributed by atoms with Crippen LogP contribution in [0.3, 0.4) is 0 Å². The van der Waals surface area contributed by atoms with Crippen molar-refractivity contribution in [2.45, 2.75) is 62.8 Å². The molecule has 0 aliphatic heterocycles. The lowest BCUT2D eigenvalue weighted by Crippen LogP contribution is -2.44. The number of methoxy groups -OCH3 is 1. The molecular formula is C14H29NO3S. The van der Waals surface area contributed by atoms with Gasteiger partial charge in [0.05, 0.1) is 10.9 Å². The van der Waals surface area contributed by atoms with E-state index in [9.17, 15) is 8.42 Å². The van der Waals surface area contributed by atoms with Crippen molar-refractivity contribution in [1.29, 1.82) is 0 Å². The topological polar surface area (TPSA) is 55.4 Å². The molecule has 114 valence electrons. The predicted molar refractivity (Wildman–Crippen MR) is 79.1 cm³/mol. The van der Waals surface area contributed by atoms with Crippen LogP contribution in [0.25, 0.3) is 0 Å². The highest BCUT2D eigenvalue weighted by Crippen LogP contribution is 2.33. The number of hydrogen-bond donors (Lipinski definition) is 1. The second-order valence-electron chi connectivity index (χ2n) is 6.44. The van der Waals surface area contributed by atoms with Crippen molar-refractivity contribution in [3.05, 3.63) is 0 Å². The first-order valence-corrected chi connectivity index (χ1v) is 9.06. The molecule has 0 radical (unpaired) electrons. The highest BCUT2D eigenvalue weighted by atomic mass is 32.2. The van der Waals surface area contributed by atoms with Crippen LogP contribution in [0.4, 0.5) is 0 Å². The average Bonchev–Trinajstić information content (AvgIpc) is 2.35. The van der Waals surface area contributed by atoms with E-state index in [0.717, 1.165) is 32.1 Å². The lowest BCUT2D eigenvalue weighted by atomic mass is 9.80. The van der Waals surface area contributed by atoms with Crippen LogP contribution in [-0.4, -0.2) is 45.7 Å². The van der Waals surface area contributed by atoms with Gasteiger partial charge in [-0.2, -0.15) is 0 Å². The fourth-order valence-electron chi connectivity index (χ4n) is 3.05. The van der Waals surface area contributed by atoms with Crippen molar-refractivity contribution in [3.63, 3.8) is 0 Å². The van der Waals surface area contributed by atoms with Gasteiger partial charge in [-0.1, -0.05) is 6.42 Å². The van der Waals surface area contributed by atoms with Gasteiger partial charge in [0.15, 0.2) is 0 Å². The molecule has 1 N–H and O–H groups in total. The first-order chi connectivity index (χ1) is 8.69. The lowest BCUT2D eigenvalue weighted by molar-refractivity contribution is 0.000372. The Labute approximate surface area is 118 Å². The maximum Gasteiger partial charge on any atom is 0.150 e. The van der Waals surface area contributed by atoms with Gasteiger partial charge in [-0.25, -0.2) is 8.42 Å². The fourth-order valence-corrected chi connectivity index (χ4v) is 4.24. The molecule has 1 saturated carbocycles. The molecule has 0 saturated heterocycles. The molecule has 0 amide bonds. The number of rotatable bonds is 6. The van der Waals surface area contributed by atoms with E-state index >= 15 is 0 Å². The number of sulfone groups is 1. The number of ether oxygens (including phenoxy) is 1.